The van der Waals surface area contributed by atoms with E-state index in [4.69, 9.17) is 16.6 Å². The lowest BCUT2D eigenvalue weighted by atomic mass is 10.1. The van der Waals surface area contributed by atoms with Crippen molar-refractivity contribution in [2.24, 2.45) is 0 Å². The molecule has 0 spiro atoms. The highest BCUT2D eigenvalue weighted by Crippen LogP contribution is 2.34. The quantitative estimate of drug-likeness (QED) is 0.600. The van der Waals surface area contributed by atoms with Crippen LogP contribution in [0.1, 0.15) is 37.5 Å². The zero-order valence-corrected chi connectivity index (χ0v) is 13.3. The summed E-state index contributed by atoms with van der Waals surface area (Å²) in [5.74, 6) is 0.900. The van der Waals surface area contributed by atoms with Gasteiger partial charge in [0.25, 0.3) is 0 Å². The Kier molecular flexibility index (Phi) is 3.50. The molecule has 21 heavy (non-hydrogen) atoms. The summed E-state index contributed by atoms with van der Waals surface area (Å²) in [6.07, 6.45) is 0. The Morgan fingerprint density at radius 2 is 1.57 bits per heavy atom. The third-order valence-electron chi connectivity index (χ3n) is 3.58. The summed E-state index contributed by atoms with van der Waals surface area (Å²) in [5.41, 5.74) is 3.11. The van der Waals surface area contributed by atoms with E-state index in [9.17, 15) is 0 Å². The Bertz CT molecular complexity index is 754. The zero-order valence-electron chi connectivity index (χ0n) is 12.5. The van der Waals surface area contributed by atoms with Crippen molar-refractivity contribution in [3.05, 3.63) is 66.0 Å². The molecule has 2 aromatic carbocycles. The van der Waals surface area contributed by atoms with Gasteiger partial charge in [-0.25, -0.2) is 4.98 Å². The Labute approximate surface area is 130 Å². The molecule has 0 amide bonds. The lowest BCUT2D eigenvalue weighted by Gasteiger charge is -2.26. The maximum Gasteiger partial charge on any atom is 0.133 e. The molecule has 1 aromatic heterocycles. The van der Waals surface area contributed by atoms with Gasteiger partial charge in [-0.05, 0) is 38.5 Å². The predicted octanol–water partition coefficient (Wildman–Crippen LogP) is 5.12. The zero-order chi connectivity index (χ0) is 15.0. The second-order valence-electron chi connectivity index (χ2n) is 6.24. The minimum atomic E-state index is -0.252. The van der Waals surface area contributed by atoms with Crippen LogP contribution in [-0.2, 0) is 5.54 Å². The first kappa shape index (κ1) is 14.2. The molecule has 108 valence electrons. The van der Waals surface area contributed by atoms with E-state index in [2.05, 4.69) is 31.4 Å². The lowest BCUT2D eigenvalue weighted by Crippen LogP contribution is -2.24. The lowest BCUT2D eigenvalue weighted by molar-refractivity contribution is 0.395. The molecule has 1 heterocycles. The first-order chi connectivity index (χ1) is 9.98. The third-order valence-corrected chi connectivity index (χ3v) is 4.02. The summed E-state index contributed by atoms with van der Waals surface area (Å²) < 4.78 is 2.24. The van der Waals surface area contributed by atoms with Crippen molar-refractivity contribution in [2.75, 3.05) is 0 Å². The molecule has 0 saturated carbocycles. The van der Waals surface area contributed by atoms with Crippen molar-refractivity contribution in [2.45, 2.75) is 31.7 Å². The first-order valence-corrected chi connectivity index (χ1v) is 7.59. The van der Waals surface area contributed by atoms with Crippen LogP contribution in [0.15, 0.2) is 54.6 Å². The normalized spacial score (nSPS) is 13.5. The molecular weight excluding hydrogens is 280 g/mol. The number of aromatic nitrogens is 2. The van der Waals surface area contributed by atoms with E-state index in [1.807, 2.05) is 48.5 Å². The van der Waals surface area contributed by atoms with Crippen LogP contribution in [-0.4, -0.2) is 9.55 Å². The average molecular weight is 299 g/mol. The molecule has 0 bridgehead atoms. The fourth-order valence-electron chi connectivity index (χ4n) is 2.69. The van der Waals surface area contributed by atoms with Crippen molar-refractivity contribution in [1.82, 2.24) is 9.55 Å². The van der Waals surface area contributed by atoms with Gasteiger partial charge in [0.15, 0.2) is 0 Å². The van der Waals surface area contributed by atoms with Crippen LogP contribution >= 0.6 is 11.6 Å². The fraction of sp³-hybridized carbons (Fsp3) is 0.278. The summed E-state index contributed by atoms with van der Waals surface area (Å²) in [7, 11) is 0. The van der Waals surface area contributed by atoms with Gasteiger partial charge in [0.1, 0.15) is 11.2 Å². The van der Waals surface area contributed by atoms with Gasteiger partial charge in [0, 0.05) is 5.54 Å². The molecule has 0 radical (unpaired) electrons. The van der Waals surface area contributed by atoms with E-state index in [0.717, 1.165) is 22.4 Å². The molecule has 0 aliphatic carbocycles. The minimum absolute atomic E-state index is 0.0760. The van der Waals surface area contributed by atoms with Crippen molar-refractivity contribution in [1.29, 1.82) is 0 Å². The number of hydrogen-bond acceptors (Lipinski definition) is 1. The molecule has 1 unspecified atom stereocenters. The molecule has 3 heteroatoms. The summed E-state index contributed by atoms with van der Waals surface area (Å²) in [5, 5.41) is -0.252. The maximum atomic E-state index is 6.73. The Balaban J connectivity index is 2.23. The summed E-state index contributed by atoms with van der Waals surface area (Å²) in [6.45, 7) is 6.54. The summed E-state index contributed by atoms with van der Waals surface area (Å²) in [6, 6.07) is 18.3. The number of fused-ring (bicyclic) bond motifs is 1. The van der Waals surface area contributed by atoms with E-state index < -0.39 is 0 Å². The van der Waals surface area contributed by atoms with E-state index in [0.29, 0.717) is 0 Å². The second kappa shape index (κ2) is 5.19. The van der Waals surface area contributed by atoms with Gasteiger partial charge in [-0.1, -0.05) is 42.5 Å². The van der Waals surface area contributed by atoms with Crippen molar-refractivity contribution in [3.63, 3.8) is 0 Å². The molecule has 2 nitrogen and oxygen atoms in total. The Morgan fingerprint density at radius 3 is 2.24 bits per heavy atom. The Morgan fingerprint density at radius 1 is 0.952 bits per heavy atom. The number of halogens is 1. The smallest absolute Gasteiger partial charge is 0.133 e. The molecule has 0 aliphatic heterocycles. The fourth-order valence-corrected chi connectivity index (χ4v) is 2.98. The molecule has 0 N–H and O–H groups in total. The summed E-state index contributed by atoms with van der Waals surface area (Å²) in [4.78, 5) is 4.79. The topological polar surface area (TPSA) is 17.8 Å². The minimum Gasteiger partial charge on any atom is -0.321 e. The largest absolute Gasteiger partial charge is 0.321 e. The van der Waals surface area contributed by atoms with Gasteiger partial charge in [-0.15, -0.1) is 11.6 Å². The van der Waals surface area contributed by atoms with Crippen LogP contribution < -0.4 is 0 Å². The Hall–Kier alpha value is -1.80. The predicted molar refractivity (Wildman–Crippen MR) is 88.9 cm³/mol. The van der Waals surface area contributed by atoms with Crippen LogP contribution in [0.4, 0.5) is 0 Å². The number of hydrogen-bond donors (Lipinski definition) is 0. The molecule has 0 fully saturated rings. The van der Waals surface area contributed by atoms with Gasteiger partial charge < -0.3 is 4.57 Å². The highest BCUT2D eigenvalue weighted by atomic mass is 35.5. The standard InChI is InChI=1S/C18H19ClN2/c1-18(2,3)21-15-12-8-7-11-14(15)20-17(21)16(19)13-9-5-4-6-10-13/h4-12,16H,1-3H3. The van der Waals surface area contributed by atoms with Gasteiger partial charge in [-0.2, -0.15) is 0 Å². The first-order valence-electron chi connectivity index (χ1n) is 7.15. The van der Waals surface area contributed by atoms with Crippen LogP contribution in [0.25, 0.3) is 11.0 Å². The highest BCUT2D eigenvalue weighted by molar-refractivity contribution is 6.22. The number of imidazole rings is 1. The molecule has 1 atom stereocenters. The second-order valence-corrected chi connectivity index (χ2v) is 6.67. The van der Waals surface area contributed by atoms with Crippen LogP contribution in [0.3, 0.4) is 0 Å². The van der Waals surface area contributed by atoms with Crippen LogP contribution in [0.2, 0.25) is 0 Å². The van der Waals surface area contributed by atoms with Crippen LogP contribution in [0.5, 0.6) is 0 Å². The highest BCUT2D eigenvalue weighted by Gasteiger charge is 2.26. The third kappa shape index (κ3) is 2.56. The number of alkyl halides is 1. The van der Waals surface area contributed by atoms with Crippen molar-refractivity contribution < 1.29 is 0 Å². The number of nitrogens with zero attached hydrogens (tertiary/aromatic N) is 2. The van der Waals surface area contributed by atoms with Gasteiger partial charge in [0.2, 0.25) is 0 Å². The SMILES string of the molecule is CC(C)(C)n1c(C(Cl)c2ccccc2)nc2ccccc21. The van der Waals surface area contributed by atoms with E-state index in [-0.39, 0.29) is 10.9 Å². The van der Waals surface area contributed by atoms with Crippen molar-refractivity contribution in [3.8, 4) is 0 Å². The number of para-hydroxylation sites is 2. The van der Waals surface area contributed by atoms with Gasteiger partial charge in [0.05, 0.1) is 11.0 Å². The van der Waals surface area contributed by atoms with E-state index in [1.165, 1.54) is 0 Å². The molecule has 3 rings (SSSR count). The van der Waals surface area contributed by atoms with Crippen LogP contribution in [0, 0.1) is 0 Å². The number of benzene rings is 2. The monoisotopic (exact) mass is 298 g/mol. The molecule has 0 saturated heterocycles. The van der Waals surface area contributed by atoms with Gasteiger partial charge in [-0.3, -0.25) is 0 Å². The van der Waals surface area contributed by atoms with E-state index in [1.54, 1.807) is 0 Å². The molecular formula is C18H19ClN2. The summed E-state index contributed by atoms with van der Waals surface area (Å²) >= 11 is 6.73. The van der Waals surface area contributed by atoms with Crippen molar-refractivity contribution >= 4 is 22.6 Å². The average Bonchev–Trinajstić information content (AvgIpc) is 2.86. The molecule has 3 aromatic rings. The van der Waals surface area contributed by atoms with E-state index >= 15 is 0 Å². The van der Waals surface area contributed by atoms with Gasteiger partial charge >= 0.3 is 0 Å². The number of rotatable bonds is 2. The maximum absolute atomic E-state index is 6.73. The molecule has 0 aliphatic rings.